The molecule has 1 atom stereocenters. The Balaban J connectivity index is 2.35. The Bertz CT molecular complexity index is 346. The van der Waals surface area contributed by atoms with Crippen LogP contribution >= 0.6 is 0 Å². The number of rotatable bonds is 2. The molecule has 0 radical (unpaired) electrons. The molecule has 0 saturated heterocycles. The lowest BCUT2D eigenvalue weighted by atomic mass is 10.1. The summed E-state index contributed by atoms with van der Waals surface area (Å²) in [6.07, 6.45) is 1.79. The van der Waals surface area contributed by atoms with E-state index in [1.807, 2.05) is 0 Å². The van der Waals surface area contributed by atoms with Crippen LogP contribution in [-0.4, -0.2) is 28.7 Å². The van der Waals surface area contributed by atoms with Crippen LogP contribution < -0.4 is 10.6 Å². The summed E-state index contributed by atoms with van der Waals surface area (Å²) in [6, 6.07) is -0.587. The molecule has 1 aliphatic rings. The van der Waals surface area contributed by atoms with Gasteiger partial charge in [-0.25, -0.2) is 4.98 Å². The molecule has 13 heavy (non-hydrogen) atoms. The summed E-state index contributed by atoms with van der Waals surface area (Å²) in [6.45, 7) is 0.433. The Hall–Kier alpha value is -1.69. The Morgan fingerprint density at radius 3 is 3.31 bits per heavy atom. The van der Waals surface area contributed by atoms with Crippen molar-refractivity contribution < 1.29 is 9.59 Å². The highest BCUT2D eigenvalue weighted by atomic mass is 16.2. The number of hydrogen-bond donors (Lipinski definition) is 3. The number of fused-ring (bicyclic) bond motifs is 1. The number of imidazole rings is 1. The second-order valence-corrected chi connectivity index (χ2v) is 2.68. The van der Waals surface area contributed by atoms with Gasteiger partial charge in [0, 0.05) is 0 Å². The largest absolute Gasteiger partial charge is 0.356 e. The van der Waals surface area contributed by atoms with Crippen LogP contribution in [0.15, 0.2) is 6.33 Å². The zero-order chi connectivity index (χ0) is 9.26. The predicted molar refractivity (Wildman–Crippen MR) is 44.0 cm³/mol. The Morgan fingerprint density at radius 2 is 2.54 bits per heavy atom. The molecule has 1 aromatic heterocycles. The molecule has 0 fully saturated rings. The lowest BCUT2D eigenvalue weighted by Crippen LogP contribution is -2.37. The molecular formula is C7H8N4O2. The number of Topliss-reactive ketones (excluding diaryl/α,β-unsaturated/α-hetero) is 1. The average molecular weight is 180 g/mol. The van der Waals surface area contributed by atoms with Crippen molar-refractivity contribution in [2.75, 3.05) is 12.0 Å². The summed E-state index contributed by atoms with van der Waals surface area (Å²) in [7, 11) is 0. The number of aromatic nitrogens is 2. The molecule has 1 aromatic rings. The van der Waals surface area contributed by atoms with E-state index in [0.717, 1.165) is 0 Å². The first-order valence-corrected chi connectivity index (χ1v) is 3.82. The SMILES string of the molecule is O=CC(=O)C1NCNc2nc[nH]c21. The van der Waals surface area contributed by atoms with E-state index in [4.69, 9.17) is 0 Å². The van der Waals surface area contributed by atoms with E-state index in [0.29, 0.717) is 24.5 Å². The molecular weight excluding hydrogens is 172 g/mol. The van der Waals surface area contributed by atoms with Gasteiger partial charge in [-0.05, 0) is 0 Å². The number of aldehydes is 1. The minimum Gasteiger partial charge on any atom is -0.356 e. The number of anilines is 1. The highest BCUT2D eigenvalue weighted by Gasteiger charge is 2.27. The van der Waals surface area contributed by atoms with Crippen molar-refractivity contribution in [3.63, 3.8) is 0 Å². The molecule has 0 aliphatic carbocycles. The first-order valence-electron chi connectivity index (χ1n) is 3.82. The van der Waals surface area contributed by atoms with Gasteiger partial charge in [-0.1, -0.05) is 0 Å². The highest BCUT2D eigenvalue weighted by molar-refractivity contribution is 6.27. The van der Waals surface area contributed by atoms with Crippen molar-refractivity contribution in [3.05, 3.63) is 12.0 Å². The number of nitrogens with zero attached hydrogens (tertiary/aromatic N) is 1. The van der Waals surface area contributed by atoms with Crippen molar-refractivity contribution in [2.45, 2.75) is 6.04 Å². The van der Waals surface area contributed by atoms with E-state index in [2.05, 4.69) is 20.6 Å². The van der Waals surface area contributed by atoms with Crippen LogP contribution in [0.4, 0.5) is 5.82 Å². The Labute approximate surface area is 73.7 Å². The van der Waals surface area contributed by atoms with E-state index >= 15 is 0 Å². The van der Waals surface area contributed by atoms with Gasteiger partial charge in [0.05, 0.1) is 18.7 Å². The molecule has 0 bridgehead atoms. The van der Waals surface area contributed by atoms with Gasteiger partial charge in [0.2, 0.25) is 5.78 Å². The van der Waals surface area contributed by atoms with Gasteiger partial charge >= 0.3 is 0 Å². The fourth-order valence-electron chi connectivity index (χ4n) is 1.31. The van der Waals surface area contributed by atoms with Crippen LogP contribution in [0.2, 0.25) is 0 Å². The lowest BCUT2D eigenvalue weighted by molar-refractivity contribution is -0.131. The maximum absolute atomic E-state index is 11.1. The van der Waals surface area contributed by atoms with E-state index in [1.54, 1.807) is 0 Å². The zero-order valence-electron chi connectivity index (χ0n) is 6.70. The highest BCUT2D eigenvalue weighted by Crippen LogP contribution is 2.21. The summed E-state index contributed by atoms with van der Waals surface area (Å²) >= 11 is 0. The molecule has 1 unspecified atom stereocenters. The maximum Gasteiger partial charge on any atom is 0.218 e. The number of nitrogens with one attached hydrogen (secondary N) is 3. The maximum atomic E-state index is 11.1. The van der Waals surface area contributed by atoms with Gasteiger partial charge in [0.1, 0.15) is 11.9 Å². The molecule has 0 amide bonds. The quantitative estimate of drug-likeness (QED) is 0.409. The first-order chi connectivity index (χ1) is 6.33. The Kier molecular flexibility index (Phi) is 1.82. The van der Waals surface area contributed by atoms with E-state index < -0.39 is 11.8 Å². The van der Waals surface area contributed by atoms with Crippen molar-refractivity contribution in [1.29, 1.82) is 0 Å². The molecule has 0 saturated carbocycles. The van der Waals surface area contributed by atoms with Crippen molar-refractivity contribution in [2.24, 2.45) is 0 Å². The van der Waals surface area contributed by atoms with Crippen molar-refractivity contribution in [3.8, 4) is 0 Å². The van der Waals surface area contributed by atoms with Crippen LogP contribution in [-0.2, 0) is 9.59 Å². The number of hydrogen-bond acceptors (Lipinski definition) is 5. The van der Waals surface area contributed by atoms with Gasteiger partial charge in [-0.2, -0.15) is 0 Å². The van der Waals surface area contributed by atoms with Gasteiger partial charge in [0.15, 0.2) is 6.29 Å². The summed E-state index contributed by atoms with van der Waals surface area (Å²) in [5.41, 5.74) is 0.614. The molecule has 6 heteroatoms. The van der Waals surface area contributed by atoms with E-state index in [9.17, 15) is 9.59 Å². The Morgan fingerprint density at radius 1 is 1.69 bits per heavy atom. The fraction of sp³-hybridized carbons (Fsp3) is 0.286. The molecule has 2 heterocycles. The van der Waals surface area contributed by atoms with E-state index in [-0.39, 0.29) is 0 Å². The van der Waals surface area contributed by atoms with Crippen LogP contribution in [0.25, 0.3) is 0 Å². The van der Waals surface area contributed by atoms with Crippen LogP contribution in [0, 0.1) is 0 Å². The summed E-state index contributed by atoms with van der Waals surface area (Å²) in [4.78, 5) is 28.2. The molecule has 0 aromatic carbocycles. The minimum absolute atomic E-state index is 0.313. The van der Waals surface area contributed by atoms with Crippen LogP contribution in [0.1, 0.15) is 11.7 Å². The summed E-state index contributed by atoms with van der Waals surface area (Å²) < 4.78 is 0. The molecule has 2 rings (SSSR count). The topological polar surface area (TPSA) is 86.9 Å². The van der Waals surface area contributed by atoms with Gasteiger partial charge < -0.3 is 10.3 Å². The van der Waals surface area contributed by atoms with Crippen LogP contribution in [0.5, 0.6) is 0 Å². The number of aromatic amines is 1. The van der Waals surface area contributed by atoms with E-state index in [1.165, 1.54) is 6.33 Å². The zero-order valence-corrected chi connectivity index (χ0v) is 6.70. The molecule has 0 spiro atoms. The van der Waals surface area contributed by atoms with Gasteiger partial charge in [-0.3, -0.25) is 14.9 Å². The van der Waals surface area contributed by atoms with Crippen molar-refractivity contribution in [1.82, 2.24) is 15.3 Å². The molecule has 68 valence electrons. The molecule has 1 aliphatic heterocycles. The lowest BCUT2D eigenvalue weighted by Gasteiger charge is -2.21. The second kappa shape index (κ2) is 2.98. The van der Waals surface area contributed by atoms with Crippen LogP contribution in [0.3, 0.4) is 0 Å². The first kappa shape index (κ1) is 7.93. The normalized spacial score (nSPS) is 20.2. The van der Waals surface area contributed by atoms with Gasteiger partial charge in [0.25, 0.3) is 0 Å². The van der Waals surface area contributed by atoms with Gasteiger partial charge in [-0.15, -0.1) is 0 Å². The molecule has 6 nitrogen and oxygen atoms in total. The fourth-order valence-corrected chi connectivity index (χ4v) is 1.31. The standard InChI is InChI=1S/C7H8N4O2/c12-1-4(13)5-6-7(10-2-8-5)11-3-9-6/h1,3,5,8,10H,2H2,(H,9,11). The number of carbonyl (C=O) groups is 2. The third kappa shape index (κ3) is 1.20. The summed E-state index contributed by atoms with van der Waals surface area (Å²) in [5.74, 6) is 0.131. The number of H-pyrrole nitrogens is 1. The third-order valence-corrected chi connectivity index (χ3v) is 1.92. The monoisotopic (exact) mass is 180 g/mol. The second-order valence-electron chi connectivity index (χ2n) is 2.68. The minimum atomic E-state index is -0.587. The smallest absolute Gasteiger partial charge is 0.218 e. The predicted octanol–water partition coefficient (Wildman–Crippen LogP) is -0.809. The average Bonchev–Trinajstić information content (AvgIpc) is 2.63. The molecule has 3 N–H and O–H groups in total. The summed E-state index contributed by atoms with van der Waals surface area (Å²) in [5, 5.41) is 5.78. The number of ketones is 1. The van der Waals surface area contributed by atoms with Crippen molar-refractivity contribution >= 4 is 17.9 Å². The number of carbonyl (C=O) groups excluding carboxylic acids is 2. The third-order valence-electron chi connectivity index (χ3n) is 1.92.